The molecule has 0 saturated heterocycles. The Kier molecular flexibility index (Phi) is 2.21. The second kappa shape index (κ2) is 2.80. The topological polar surface area (TPSA) is 21.3 Å². The highest BCUT2D eigenvalue weighted by atomic mass is 19.3. The quantitative estimate of drug-likeness (QED) is 0.646. The molecule has 1 N–H and O–H groups in total. The number of rotatable bonds is 4. The molecule has 1 rings (SSSR count). The van der Waals surface area contributed by atoms with Gasteiger partial charge in [-0.15, -0.1) is 0 Å². The molecule has 1 fully saturated rings. The number of likely N-dealkylation sites (N-methyl/N-ethyl adjacent to an activating group) is 1. The standard InChI is InChI=1S/C6H11F2NO/c1-9-4-6(2-3-6)10-5(7)8/h5,9H,2-4H2,1H3. The summed E-state index contributed by atoms with van der Waals surface area (Å²) in [5, 5.41) is 2.82. The zero-order chi connectivity index (χ0) is 7.61. The van der Waals surface area contributed by atoms with Crippen molar-refractivity contribution in [2.45, 2.75) is 25.1 Å². The molecule has 0 aliphatic heterocycles. The van der Waals surface area contributed by atoms with Gasteiger partial charge in [-0.05, 0) is 19.9 Å². The predicted octanol–water partition coefficient (Wildman–Crippen LogP) is 0.978. The highest BCUT2D eigenvalue weighted by Crippen LogP contribution is 2.40. The van der Waals surface area contributed by atoms with E-state index >= 15 is 0 Å². The molecule has 1 aliphatic rings. The molecular weight excluding hydrogens is 140 g/mol. The number of nitrogens with one attached hydrogen (secondary N) is 1. The molecule has 0 radical (unpaired) electrons. The Morgan fingerprint density at radius 3 is 2.50 bits per heavy atom. The highest BCUT2D eigenvalue weighted by Gasteiger charge is 2.45. The van der Waals surface area contributed by atoms with Crippen LogP contribution in [0, 0.1) is 0 Å². The molecule has 0 aromatic rings. The number of halogens is 2. The average molecular weight is 151 g/mol. The number of ether oxygens (including phenoxy) is 1. The molecule has 0 heterocycles. The molecule has 0 atom stereocenters. The summed E-state index contributed by atoms with van der Waals surface area (Å²) in [6.07, 6.45) is 1.50. The van der Waals surface area contributed by atoms with Crippen LogP contribution >= 0.6 is 0 Å². The van der Waals surface area contributed by atoms with Gasteiger partial charge in [-0.1, -0.05) is 0 Å². The Balaban J connectivity index is 2.23. The first kappa shape index (κ1) is 7.88. The van der Waals surface area contributed by atoms with Crippen LogP contribution in [0.3, 0.4) is 0 Å². The third-order valence-corrected chi connectivity index (χ3v) is 1.65. The first-order valence-electron chi connectivity index (χ1n) is 3.29. The maximum atomic E-state index is 11.6. The maximum Gasteiger partial charge on any atom is 0.345 e. The minimum Gasteiger partial charge on any atom is -0.317 e. The van der Waals surface area contributed by atoms with Crippen LogP contribution in [0.1, 0.15) is 12.8 Å². The molecular formula is C6H11F2NO. The van der Waals surface area contributed by atoms with Gasteiger partial charge < -0.3 is 10.1 Å². The van der Waals surface area contributed by atoms with E-state index in [0.29, 0.717) is 6.54 Å². The molecule has 1 aliphatic carbocycles. The van der Waals surface area contributed by atoms with Gasteiger partial charge in [0.05, 0.1) is 5.60 Å². The second-order valence-corrected chi connectivity index (χ2v) is 2.59. The van der Waals surface area contributed by atoms with E-state index in [1.807, 2.05) is 0 Å². The van der Waals surface area contributed by atoms with E-state index in [0.717, 1.165) is 12.8 Å². The maximum absolute atomic E-state index is 11.6. The van der Waals surface area contributed by atoms with Crippen molar-refractivity contribution in [3.63, 3.8) is 0 Å². The number of hydrogen-bond donors (Lipinski definition) is 1. The Morgan fingerprint density at radius 2 is 2.20 bits per heavy atom. The summed E-state index contributed by atoms with van der Waals surface area (Å²) in [6, 6.07) is 0. The summed E-state index contributed by atoms with van der Waals surface area (Å²) < 4.78 is 27.7. The summed E-state index contributed by atoms with van der Waals surface area (Å²) in [6.45, 7) is -2.10. The van der Waals surface area contributed by atoms with Crippen molar-refractivity contribution in [3.8, 4) is 0 Å². The Labute approximate surface area is 58.6 Å². The lowest BCUT2D eigenvalue weighted by Gasteiger charge is -2.14. The van der Waals surface area contributed by atoms with Crippen LogP contribution in [-0.4, -0.2) is 25.8 Å². The fourth-order valence-electron chi connectivity index (χ4n) is 0.987. The van der Waals surface area contributed by atoms with Crippen LogP contribution in [0.5, 0.6) is 0 Å². The summed E-state index contributed by atoms with van der Waals surface area (Å²) in [4.78, 5) is 0. The van der Waals surface area contributed by atoms with E-state index in [1.165, 1.54) is 0 Å². The van der Waals surface area contributed by atoms with Gasteiger partial charge in [-0.2, -0.15) is 8.78 Å². The molecule has 0 bridgehead atoms. The minimum absolute atomic E-state index is 0.525. The predicted molar refractivity (Wildman–Crippen MR) is 33.0 cm³/mol. The first-order chi connectivity index (χ1) is 4.68. The van der Waals surface area contributed by atoms with Crippen LogP contribution in [0.2, 0.25) is 0 Å². The lowest BCUT2D eigenvalue weighted by Crippen LogP contribution is -2.30. The van der Waals surface area contributed by atoms with Gasteiger partial charge in [-0.25, -0.2) is 0 Å². The Bertz CT molecular complexity index is 114. The third kappa shape index (κ3) is 1.88. The lowest BCUT2D eigenvalue weighted by molar-refractivity contribution is -0.172. The SMILES string of the molecule is CNCC1(OC(F)F)CC1. The molecule has 0 amide bonds. The monoisotopic (exact) mass is 151 g/mol. The second-order valence-electron chi connectivity index (χ2n) is 2.59. The van der Waals surface area contributed by atoms with E-state index < -0.39 is 12.2 Å². The minimum atomic E-state index is -2.63. The molecule has 1 saturated carbocycles. The largest absolute Gasteiger partial charge is 0.345 e. The van der Waals surface area contributed by atoms with E-state index in [1.54, 1.807) is 7.05 Å². The first-order valence-corrected chi connectivity index (χ1v) is 3.29. The van der Waals surface area contributed by atoms with Gasteiger partial charge in [0.1, 0.15) is 0 Å². The average Bonchev–Trinajstić information content (AvgIpc) is 2.47. The van der Waals surface area contributed by atoms with Gasteiger partial charge in [0.2, 0.25) is 0 Å². The van der Waals surface area contributed by atoms with Gasteiger partial charge in [0.15, 0.2) is 0 Å². The van der Waals surface area contributed by atoms with Crippen LogP contribution in [0.15, 0.2) is 0 Å². The Hall–Kier alpha value is -0.220. The highest BCUT2D eigenvalue weighted by molar-refractivity contribution is 4.97. The van der Waals surface area contributed by atoms with Crippen molar-refractivity contribution in [3.05, 3.63) is 0 Å². The normalized spacial score (nSPS) is 21.6. The number of hydrogen-bond acceptors (Lipinski definition) is 2. The zero-order valence-corrected chi connectivity index (χ0v) is 5.86. The molecule has 0 aromatic heterocycles. The summed E-state index contributed by atoms with van der Waals surface area (Å²) in [5.41, 5.74) is -0.539. The van der Waals surface area contributed by atoms with Crippen LogP contribution < -0.4 is 5.32 Å². The van der Waals surface area contributed by atoms with Crippen molar-refractivity contribution in [2.75, 3.05) is 13.6 Å². The fourth-order valence-corrected chi connectivity index (χ4v) is 0.987. The number of alkyl halides is 2. The van der Waals surface area contributed by atoms with Crippen molar-refractivity contribution in [1.82, 2.24) is 5.32 Å². The van der Waals surface area contributed by atoms with E-state index in [9.17, 15) is 8.78 Å². The van der Waals surface area contributed by atoms with Gasteiger partial charge in [0, 0.05) is 6.54 Å². The summed E-state index contributed by atoms with van der Waals surface area (Å²) in [7, 11) is 1.73. The van der Waals surface area contributed by atoms with Crippen molar-refractivity contribution in [2.24, 2.45) is 0 Å². The van der Waals surface area contributed by atoms with Gasteiger partial charge >= 0.3 is 6.61 Å². The molecule has 4 heteroatoms. The lowest BCUT2D eigenvalue weighted by atomic mass is 10.3. The van der Waals surface area contributed by atoms with E-state index in [-0.39, 0.29) is 0 Å². The molecule has 60 valence electrons. The third-order valence-electron chi connectivity index (χ3n) is 1.65. The fraction of sp³-hybridized carbons (Fsp3) is 1.00. The van der Waals surface area contributed by atoms with Gasteiger partial charge in [0.25, 0.3) is 0 Å². The molecule has 0 unspecified atom stereocenters. The van der Waals surface area contributed by atoms with E-state index in [2.05, 4.69) is 10.1 Å². The Morgan fingerprint density at radius 1 is 1.60 bits per heavy atom. The zero-order valence-electron chi connectivity index (χ0n) is 5.86. The van der Waals surface area contributed by atoms with Crippen LogP contribution in [0.25, 0.3) is 0 Å². The van der Waals surface area contributed by atoms with Gasteiger partial charge in [-0.3, -0.25) is 0 Å². The summed E-state index contributed by atoms with van der Waals surface area (Å²) in [5.74, 6) is 0. The van der Waals surface area contributed by atoms with Crippen LogP contribution in [0.4, 0.5) is 8.78 Å². The van der Waals surface area contributed by atoms with Crippen molar-refractivity contribution >= 4 is 0 Å². The van der Waals surface area contributed by atoms with Crippen molar-refractivity contribution < 1.29 is 13.5 Å². The van der Waals surface area contributed by atoms with Crippen molar-refractivity contribution in [1.29, 1.82) is 0 Å². The summed E-state index contributed by atoms with van der Waals surface area (Å²) >= 11 is 0. The molecule has 10 heavy (non-hydrogen) atoms. The van der Waals surface area contributed by atoms with E-state index in [4.69, 9.17) is 0 Å². The molecule has 0 spiro atoms. The smallest absolute Gasteiger partial charge is 0.317 e. The molecule has 2 nitrogen and oxygen atoms in total. The van der Waals surface area contributed by atoms with Crippen LogP contribution in [-0.2, 0) is 4.74 Å². The molecule has 0 aromatic carbocycles.